The summed E-state index contributed by atoms with van der Waals surface area (Å²) in [5.41, 5.74) is 0. The second-order valence-corrected chi connectivity index (χ2v) is 5.36. The molecule has 3 fully saturated rings. The van der Waals surface area contributed by atoms with Crippen LogP contribution in [0.1, 0.15) is 51.4 Å². The Morgan fingerprint density at radius 2 is 1.00 bits per heavy atom. The maximum Gasteiger partial charge on any atom is -0.0383 e. The average molecular weight is 164 g/mol. The monoisotopic (exact) mass is 164 g/mol. The number of rotatable bonds is 0. The summed E-state index contributed by atoms with van der Waals surface area (Å²) in [6.07, 6.45) is 12.6. The molecule has 0 nitrogen and oxygen atoms in total. The summed E-state index contributed by atoms with van der Waals surface area (Å²) in [5.74, 6) is 4.68. The number of fused-ring (bicyclic) bond motifs is 2. The maximum absolute atomic E-state index is 1.62. The molecule has 4 atom stereocenters. The predicted octanol–water partition coefficient (Wildman–Crippen LogP) is 3.61. The quantitative estimate of drug-likeness (QED) is 0.513. The van der Waals surface area contributed by atoms with E-state index in [4.69, 9.17) is 0 Å². The summed E-state index contributed by atoms with van der Waals surface area (Å²) in [6.45, 7) is 0. The number of hydrogen-bond acceptors (Lipinski definition) is 0. The van der Waals surface area contributed by atoms with Gasteiger partial charge in [0.15, 0.2) is 0 Å². The second kappa shape index (κ2) is 2.75. The summed E-state index contributed by atoms with van der Waals surface area (Å²) in [5, 5.41) is 0. The van der Waals surface area contributed by atoms with Crippen molar-refractivity contribution in [3.05, 3.63) is 0 Å². The van der Waals surface area contributed by atoms with E-state index in [1.807, 2.05) is 0 Å². The van der Waals surface area contributed by atoms with E-state index in [0.29, 0.717) is 0 Å². The molecule has 0 spiro atoms. The third-order valence-electron chi connectivity index (χ3n) is 4.91. The fourth-order valence-electron chi connectivity index (χ4n) is 3.95. The molecule has 0 aromatic heterocycles. The van der Waals surface area contributed by atoms with Gasteiger partial charge < -0.3 is 0 Å². The van der Waals surface area contributed by atoms with Gasteiger partial charge in [-0.05, 0) is 55.8 Å². The van der Waals surface area contributed by atoms with Gasteiger partial charge in [-0.15, -0.1) is 0 Å². The topological polar surface area (TPSA) is 0 Å². The maximum atomic E-state index is 1.62. The Kier molecular flexibility index (Phi) is 1.70. The molecule has 0 saturated heterocycles. The molecule has 4 unspecified atom stereocenters. The van der Waals surface area contributed by atoms with Crippen LogP contribution >= 0.6 is 0 Å². The first-order chi connectivity index (χ1) is 5.93. The normalized spacial score (nSPS) is 52.0. The Balaban J connectivity index is 1.73. The molecule has 12 heavy (non-hydrogen) atoms. The first-order valence-electron chi connectivity index (χ1n) is 5.93. The van der Waals surface area contributed by atoms with E-state index in [-0.39, 0.29) is 0 Å². The van der Waals surface area contributed by atoms with Gasteiger partial charge in [0.2, 0.25) is 0 Å². The van der Waals surface area contributed by atoms with Crippen molar-refractivity contribution in [3.8, 4) is 0 Å². The van der Waals surface area contributed by atoms with E-state index in [0.717, 1.165) is 5.92 Å². The van der Waals surface area contributed by atoms with Gasteiger partial charge in [0.1, 0.15) is 0 Å². The first kappa shape index (κ1) is 7.41. The van der Waals surface area contributed by atoms with Gasteiger partial charge in [-0.3, -0.25) is 0 Å². The second-order valence-electron chi connectivity index (χ2n) is 5.36. The summed E-state index contributed by atoms with van der Waals surface area (Å²) < 4.78 is 0. The van der Waals surface area contributed by atoms with E-state index in [9.17, 15) is 0 Å². The van der Waals surface area contributed by atoms with Crippen molar-refractivity contribution in [1.82, 2.24) is 0 Å². The summed E-state index contributed by atoms with van der Waals surface area (Å²) >= 11 is 0. The van der Waals surface area contributed by atoms with E-state index >= 15 is 0 Å². The minimum atomic E-state index is 1.16. The molecule has 3 aliphatic rings. The molecular weight excluding hydrogens is 144 g/mol. The zero-order valence-electron chi connectivity index (χ0n) is 7.97. The smallest absolute Gasteiger partial charge is 0.0383 e. The van der Waals surface area contributed by atoms with Gasteiger partial charge in [-0.1, -0.05) is 19.3 Å². The third-order valence-corrected chi connectivity index (χ3v) is 4.91. The molecule has 0 heterocycles. The summed E-state index contributed by atoms with van der Waals surface area (Å²) in [4.78, 5) is 0. The fraction of sp³-hybridized carbons (Fsp3) is 1.00. The van der Waals surface area contributed by atoms with E-state index in [2.05, 4.69) is 0 Å². The standard InChI is InChI=1S/C12H20/c1-2-9-4-5-10-6-7-12(10)8-11(9)3-1/h9-12H,1-8H2. The van der Waals surface area contributed by atoms with Gasteiger partial charge in [0.25, 0.3) is 0 Å². The molecule has 3 aliphatic carbocycles. The molecule has 0 aromatic rings. The van der Waals surface area contributed by atoms with Crippen LogP contribution in [0.25, 0.3) is 0 Å². The van der Waals surface area contributed by atoms with E-state index < -0.39 is 0 Å². The lowest BCUT2D eigenvalue weighted by atomic mass is 9.70. The van der Waals surface area contributed by atoms with Crippen molar-refractivity contribution in [2.75, 3.05) is 0 Å². The van der Waals surface area contributed by atoms with Crippen molar-refractivity contribution in [2.24, 2.45) is 23.7 Å². The minimum absolute atomic E-state index is 1.16. The van der Waals surface area contributed by atoms with Crippen LogP contribution in [0.2, 0.25) is 0 Å². The molecule has 0 radical (unpaired) electrons. The minimum Gasteiger partial charge on any atom is -0.0528 e. The van der Waals surface area contributed by atoms with Crippen LogP contribution in [0, 0.1) is 23.7 Å². The molecule has 0 aromatic carbocycles. The third kappa shape index (κ3) is 1.03. The molecule has 0 aliphatic heterocycles. The zero-order chi connectivity index (χ0) is 7.97. The van der Waals surface area contributed by atoms with Crippen molar-refractivity contribution >= 4 is 0 Å². The Morgan fingerprint density at radius 1 is 0.500 bits per heavy atom. The van der Waals surface area contributed by atoms with Crippen molar-refractivity contribution in [3.63, 3.8) is 0 Å². The lowest BCUT2D eigenvalue weighted by molar-refractivity contribution is 0.151. The van der Waals surface area contributed by atoms with Gasteiger partial charge in [0, 0.05) is 0 Å². The van der Waals surface area contributed by atoms with Crippen LogP contribution in [0.5, 0.6) is 0 Å². The highest BCUT2D eigenvalue weighted by Crippen LogP contribution is 2.51. The molecular formula is C12H20. The summed E-state index contributed by atoms with van der Waals surface area (Å²) in [7, 11) is 0. The number of hydrogen-bond donors (Lipinski definition) is 0. The highest BCUT2D eigenvalue weighted by molar-refractivity contribution is 4.90. The Labute approximate surface area is 75.7 Å². The van der Waals surface area contributed by atoms with E-state index in [1.165, 1.54) is 17.8 Å². The zero-order valence-corrected chi connectivity index (χ0v) is 7.97. The summed E-state index contributed by atoms with van der Waals surface area (Å²) in [6, 6.07) is 0. The van der Waals surface area contributed by atoms with Crippen LogP contribution in [0.15, 0.2) is 0 Å². The molecule has 0 amide bonds. The average Bonchev–Trinajstić information content (AvgIpc) is 2.42. The van der Waals surface area contributed by atoms with Gasteiger partial charge in [-0.25, -0.2) is 0 Å². The van der Waals surface area contributed by atoms with Gasteiger partial charge in [-0.2, -0.15) is 0 Å². The van der Waals surface area contributed by atoms with Crippen molar-refractivity contribution < 1.29 is 0 Å². The van der Waals surface area contributed by atoms with Crippen LogP contribution in [-0.2, 0) is 0 Å². The van der Waals surface area contributed by atoms with Gasteiger partial charge >= 0.3 is 0 Å². The van der Waals surface area contributed by atoms with Gasteiger partial charge in [0.05, 0.1) is 0 Å². The van der Waals surface area contributed by atoms with Crippen LogP contribution in [-0.4, -0.2) is 0 Å². The van der Waals surface area contributed by atoms with Crippen LogP contribution in [0.3, 0.4) is 0 Å². The fourth-order valence-corrected chi connectivity index (χ4v) is 3.95. The molecule has 3 rings (SSSR count). The highest BCUT2D eigenvalue weighted by atomic mass is 14.4. The van der Waals surface area contributed by atoms with Crippen molar-refractivity contribution in [1.29, 1.82) is 0 Å². The largest absolute Gasteiger partial charge is 0.0528 e. The SMILES string of the molecule is C1CC2CCC3CCC3CC2C1. The molecule has 0 N–H and O–H groups in total. The predicted molar refractivity (Wildman–Crippen MR) is 50.9 cm³/mol. The first-order valence-corrected chi connectivity index (χ1v) is 5.93. The molecule has 3 saturated carbocycles. The lowest BCUT2D eigenvalue weighted by Crippen LogP contribution is -2.25. The van der Waals surface area contributed by atoms with Crippen LogP contribution < -0.4 is 0 Å². The Hall–Kier alpha value is 0. The molecule has 0 heteroatoms. The molecule has 0 bridgehead atoms. The Bertz CT molecular complexity index is 173. The molecule has 68 valence electrons. The van der Waals surface area contributed by atoms with Crippen LogP contribution in [0.4, 0.5) is 0 Å². The van der Waals surface area contributed by atoms with E-state index in [1.54, 1.807) is 51.4 Å². The van der Waals surface area contributed by atoms with Crippen molar-refractivity contribution in [2.45, 2.75) is 51.4 Å². The lowest BCUT2D eigenvalue weighted by Gasteiger charge is -2.36. The highest BCUT2D eigenvalue weighted by Gasteiger charge is 2.39. The Morgan fingerprint density at radius 3 is 1.75 bits per heavy atom.